The van der Waals surface area contributed by atoms with E-state index in [0.717, 1.165) is 50.8 Å². The predicted octanol–water partition coefficient (Wildman–Crippen LogP) is 1.82. The maximum Gasteiger partial charge on any atom is 0.144 e. The number of hydrogen-bond donors (Lipinski definition) is 1. The van der Waals surface area contributed by atoms with E-state index >= 15 is 0 Å². The highest BCUT2D eigenvalue weighted by Gasteiger charge is 2.26. The van der Waals surface area contributed by atoms with Gasteiger partial charge < -0.3 is 5.32 Å². The molecule has 0 amide bonds. The monoisotopic (exact) mass is 277 g/mol. The van der Waals surface area contributed by atoms with Crippen molar-refractivity contribution < 1.29 is 0 Å². The average Bonchev–Trinajstić information content (AvgIpc) is 2.91. The maximum atomic E-state index is 4.49. The lowest BCUT2D eigenvalue weighted by atomic mass is 10.2. The van der Waals surface area contributed by atoms with E-state index < -0.39 is 0 Å². The molecule has 1 saturated heterocycles. The summed E-state index contributed by atoms with van der Waals surface area (Å²) in [5.74, 6) is 0.860. The number of likely N-dealkylation sites (tertiary alicyclic amines) is 1. The summed E-state index contributed by atoms with van der Waals surface area (Å²) in [5, 5.41) is 3.17. The summed E-state index contributed by atoms with van der Waals surface area (Å²) in [7, 11) is 0. The molecule has 5 heteroatoms. The molecule has 0 spiro atoms. The lowest BCUT2D eigenvalue weighted by Gasteiger charge is -2.26. The van der Waals surface area contributed by atoms with Crippen LogP contribution < -0.4 is 5.32 Å². The second kappa shape index (κ2) is 7.55. The molecule has 0 radical (unpaired) electrons. The van der Waals surface area contributed by atoms with Gasteiger partial charge in [-0.3, -0.25) is 14.8 Å². The predicted molar refractivity (Wildman–Crippen MR) is 82.8 cm³/mol. The first-order chi connectivity index (χ1) is 9.76. The Hall–Kier alpha value is -1.20. The first-order valence-corrected chi connectivity index (χ1v) is 7.78. The van der Waals surface area contributed by atoms with Crippen LogP contribution in [0.5, 0.6) is 0 Å². The number of aromatic nitrogens is 2. The minimum atomic E-state index is 0.707. The summed E-state index contributed by atoms with van der Waals surface area (Å²) >= 11 is 0. The molecule has 1 aliphatic heterocycles. The summed E-state index contributed by atoms with van der Waals surface area (Å²) in [5.41, 5.74) is 1.06. The SMILES string of the molecule is CCNc1cnc(CN2CCC(N(CC)CC)C2)cn1. The molecular formula is C15H27N5. The smallest absolute Gasteiger partial charge is 0.144 e. The van der Waals surface area contributed by atoms with Crippen molar-refractivity contribution in [3.05, 3.63) is 18.1 Å². The van der Waals surface area contributed by atoms with Crippen LogP contribution >= 0.6 is 0 Å². The minimum absolute atomic E-state index is 0.707. The third-order valence-corrected chi connectivity index (χ3v) is 4.03. The van der Waals surface area contributed by atoms with Gasteiger partial charge in [0.2, 0.25) is 0 Å². The molecule has 1 aromatic rings. The molecule has 1 N–H and O–H groups in total. The Morgan fingerprint density at radius 1 is 1.25 bits per heavy atom. The van der Waals surface area contributed by atoms with Crippen LogP contribution in [0, 0.1) is 0 Å². The fraction of sp³-hybridized carbons (Fsp3) is 0.733. The van der Waals surface area contributed by atoms with Crippen molar-refractivity contribution in [3.63, 3.8) is 0 Å². The largest absolute Gasteiger partial charge is 0.369 e. The van der Waals surface area contributed by atoms with Crippen LogP contribution in [-0.2, 0) is 6.54 Å². The fourth-order valence-corrected chi connectivity index (χ4v) is 2.93. The fourth-order valence-electron chi connectivity index (χ4n) is 2.93. The van der Waals surface area contributed by atoms with Crippen LogP contribution in [-0.4, -0.2) is 58.5 Å². The molecule has 2 rings (SSSR count). The normalized spacial score (nSPS) is 19.7. The Morgan fingerprint density at radius 2 is 2.05 bits per heavy atom. The molecule has 1 atom stereocenters. The standard InChI is InChI=1S/C15H27N5/c1-4-16-15-10-17-13(9-18-15)11-19-8-7-14(12-19)20(5-2)6-3/h9-10,14H,4-8,11-12H2,1-3H3,(H,16,18). The van der Waals surface area contributed by atoms with Crippen LogP contribution in [0.25, 0.3) is 0 Å². The highest BCUT2D eigenvalue weighted by molar-refractivity contribution is 5.30. The third-order valence-electron chi connectivity index (χ3n) is 4.03. The van der Waals surface area contributed by atoms with Crippen molar-refractivity contribution in [2.75, 3.05) is 38.0 Å². The zero-order chi connectivity index (χ0) is 14.4. The lowest BCUT2D eigenvalue weighted by molar-refractivity contribution is 0.208. The number of nitrogens with zero attached hydrogens (tertiary/aromatic N) is 4. The number of hydrogen-bond acceptors (Lipinski definition) is 5. The van der Waals surface area contributed by atoms with Gasteiger partial charge in [-0.2, -0.15) is 0 Å². The summed E-state index contributed by atoms with van der Waals surface area (Å²) in [6, 6.07) is 0.707. The summed E-state index contributed by atoms with van der Waals surface area (Å²) < 4.78 is 0. The quantitative estimate of drug-likeness (QED) is 0.823. The third kappa shape index (κ3) is 3.90. The van der Waals surface area contributed by atoms with E-state index in [0.29, 0.717) is 6.04 Å². The molecule has 0 aliphatic carbocycles. The molecular weight excluding hydrogens is 250 g/mol. The van der Waals surface area contributed by atoms with Crippen LogP contribution in [0.4, 0.5) is 5.82 Å². The first-order valence-electron chi connectivity index (χ1n) is 7.78. The first kappa shape index (κ1) is 15.2. The van der Waals surface area contributed by atoms with E-state index in [1.54, 1.807) is 0 Å². The van der Waals surface area contributed by atoms with Gasteiger partial charge in [-0.05, 0) is 26.4 Å². The van der Waals surface area contributed by atoms with E-state index in [1.165, 1.54) is 6.42 Å². The second-order valence-electron chi connectivity index (χ2n) is 5.32. The van der Waals surface area contributed by atoms with Crippen molar-refractivity contribution in [2.45, 2.75) is 39.8 Å². The number of nitrogens with one attached hydrogen (secondary N) is 1. The Kier molecular flexibility index (Phi) is 5.73. The van der Waals surface area contributed by atoms with Crippen LogP contribution in [0.15, 0.2) is 12.4 Å². The summed E-state index contributed by atoms with van der Waals surface area (Å²) in [6.07, 6.45) is 4.99. The van der Waals surface area contributed by atoms with E-state index in [-0.39, 0.29) is 0 Å². The van der Waals surface area contributed by atoms with Crippen molar-refractivity contribution in [1.29, 1.82) is 0 Å². The van der Waals surface area contributed by atoms with Crippen molar-refractivity contribution in [3.8, 4) is 0 Å². The van der Waals surface area contributed by atoms with Crippen LogP contribution in [0.1, 0.15) is 32.9 Å². The van der Waals surface area contributed by atoms with E-state index in [9.17, 15) is 0 Å². The molecule has 112 valence electrons. The Bertz CT molecular complexity index is 388. The lowest BCUT2D eigenvalue weighted by Crippen LogP contribution is -2.37. The van der Waals surface area contributed by atoms with Crippen molar-refractivity contribution in [2.24, 2.45) is 0 Å². The molecule has 1 aliphatic rings. The molecule has 2 heterocycles. The van der Waals surface area contributed by atoms with Crippen molar-refractivity contribution >= 4 is 5.82 Å². The van der Waals surface area contributed by atoms with Crippen LogP contribution in [0.2, 0.25) is 0 Å². The Balaban J connectivity index is 1.85. The Morgan fingerprint density at radius 3 is 2.65 bits per heavy atom. The Labute approximate surface area is 122 Å². The topological polar surface area (TPSA) is 44.3 Å². The zero-order valence-corrected chi connectivity index (χ0v) is 13.0. The number of rotatable bonds is 7. The van der Waals surface area contributed by atoms with Gasteiger partial charge >= 0.3 is 0 Å². The van der Waals surface area contributed by atoms with Gasteiger partial charge in [-0.15, -0.1) is 0 Å². The van der Waals surface area contributed by atoms with Gasteiger partial charge in [0, 0.05) is 32.2 Å². The molecule has 1 fully saturated rings. The average molecular weight is 277 g/mol. The van der Waals surface area contributed by atoms with Gasteiger partial charge in [-0.25, -0.2) is 4.98 Å². The van der Waals surface area contributed by atoms with Gasteiger partial charge in [0.25, 0.3) is 0 Å². The summed E-state index contributed by atoms with van der Waals surface area (Å²) in [4.78, 5) is 13.9. The molecule has 1 aromatic heterocycles. The van der Waals surface area contributed by atoms with E-state index in [1.807, 2.05) is 12.4 Å². The van der Waals surface area contributed by atoms with Crippen molar-refractivity contribution in [1.82, 2.24) is 19.8 Å². The number of anilines is 1. The van der Waals surface area contributed by atoms with Crippen LogP contribution in [0.3, 0.4) is 0 Å². The molecule has 0 aromatic carbocycles. The highest BCUT2D eigenvalue weighted by Crippen LogP contribution is 2.17. The maximum absolute atomic E-state index is 4.49. The molecule has 5 nitrogen and oxygen atoms in total. The van der Waals surface area contributed by atoms with Gasteiger partial charge in [0.15, 0.2) is 0 Å². The van der Waals surface area contributed by atoms with E-state index in [4.69, 9.17) is 0 Å². The highest BCUT2D eigenvalue weighted by atomic mass is 15.2. The van der Waals surface area contributed by atoms with Gasteiger partial charge in [0.05, 0.1) is 18.1 Å². The van der Waals surface area contributed by atoms with Gasteiger partial charge in [0.1, 0.15) is 5.82 Å². The second-order valence-corrected chi connectivity index (χ2v) is 5.32. The van der Waals surface area contributed by atoms with E-state index in [2.05, 4.69) is 45.9 Å². The van der Waals surface area contributed by atoms with Gasteiger partial charge in [-0.1, -0.05) is 13.8 Å². The minimum Gasteiger partial charge on any atom is -0.369 e. The molecule has 20 heavy (non-hydrogen) atoms. The molecule has 0 bridgehead atoms. The number of likely N-dealkylation sites (N-methyl/N-ethyl adjacent to an activating group) is 1. The zero-order valence-electron chi connectivity index (χ0n) is 13.0. The summed E-state index contributed by atoms with van der Waals surface area (Å²) in [6.45, 7) is 13.0. The molecule has 0 saturated carbocycles. The molecule has 1 unspecified atom stereocenters.